The zero-order valence-electron chi connectivity index (χ0n) is 33.9. The number of nitrogens with zero attached hydrogens (tertiary/aromatic N) is 2. The summed E-state index contributed by atoms with van der Waals surface area (Å²) in [5, 5.41) is 2.20. The fourth-order valence-electron chi connectivity index (χ4n) is 6.04. The molecule has 0 amide bonds. The van der Waals surface area contributed by atoms with Crippen LogP contribution in [0, 0.1) is 0 Å². The molecule has 8 nitrogen and oxygen atoms in total. The van der Waals surface area contributed by atoms with Crippen molar-refractivity contribution in [2.75, 3.05) is 11.5 Å². The maximum Gasteiger partial charge on any atom is 0.502 e. The Hall–Kier alpha value is -0.186. The molecule has 4 rings (SSSR count). The lowest BCUT2D eigenvalue weighted by atomic mass is 10.2. The molecule has 2 atom stereocenters. The third-order valence-corrected chi connectivity index (χ3v) is 23.5. The van der Waals surface area contributed by atoms with Crippen LogP contribution in [0.4, 0.5) is 0 Å². The molecular weight excluding hydrogens is 829 g/mol. The van der Waals surface area contributed by atoms with Crippen molar-refractivity contribution < 1.29 is 26.6 Å². The molecule has 0 aliphatic rings. The summed E-state index contributed by atoms with van der Waals surface area (Å²) in [4.78, 5) is 10.2. The van der Waals surface area contributed by atoms with Crippen LogP contribution in [-0.4, -0.2) is 75.7 Å². The second-order valence-electron chi connectivity index (χ2n) is 14.9. The monoisotopic (exact) mass is 888 g/mol. The molecule has 0 saturated carbocycles. The van der Waals surface area contributed by atoms with Crippen molar-refractivity contribution in [3.05, 3.63) is 58.5 Å². The Morgan fingerprint density at radius 1 is 0.481 bits per heavy atom. The Morgan fingerprint density at radius 3 is 1.06 bits per heavy atom. The van der Waals surface area contributed by atoms with Crippen LogP contribution in [0.2, 0.25) is 12.1 Å². The van der Waals surface area contributed by atoms with Crippen molar-refractivity contribution in [2.45, 2.75) is 144 Å². The van der Waals surface area contributed by atoms with Crippen LogP contribution in [0.1, 0.15) is 105 Å². The van der Waals surface area contributed by atoms with Gasteiger partial charge in [-0.25, -0.2) is 9.97 Å². The Balaban J connectivity index is 1.52. The second-order valence-corrected chi connectivity index (χ2v) is 28.1. The van der Waals surface area contributed by atoms with Gasteiger partial charge in [0.25, 0.3) is 0 Å². The summed E-state index contributed by atoms with van der Waals surface area (Å²) in [6.45, 7) is 24.8. The molecule has 16 heteroatoms. The molecule has 0 bridgehead atoms. The van der Waals surface area contributed by atoms with Crippen molar-refractivity contribution in [3.63, 3.8) is 0 Å². The third kappa shape index (κ3) is 14.9. The summed E-state index contributed by atoms with van der Waals surface area (Å²) in [5.41, 5.74) is 2.06. The average Bonchev–Trinajstić information content (AvgIpc) is 3.68. The molecule has 0 aliphatic carbocycles. The highest BCUT2D eigenvalue weighted by Crippen LogP contribution is 2.49. The van der Waals surface area contributed by atoms with Crippen LogP contribution in [-0.2, 0) is 26.6 Å². The number of aromatic nitrogens is 2. The van der Waals surface area contributed by atoms with Gasteiger partial charge in [0.2, 0.25) is 0 Å². The highest BCUT2D eigenvalue weighted by molar-refractivity contribution is 9.26. The Bertz CT molecular complexity index is 1450. The van der Waals surface area contributed by atoms with E-state index in [-0.39, 0.29) is 48.5 Å². The van der Waals surface area contributed by atoms with Gasteiger partial charge in [0.1, 0.15) is 0 Å². The van der Waals surface area contributed by atoms with Crippen LogP contribution < -0.4 is 0 Å². The van der Waals surface area contributed by atoms with Gasteiger partial charge in [0.05, 0.1) is 30.4 Å². The van der Waals surface area contributed by atoms with Gasteiger partial charge in [-0.2, -0.15) is 0 Å². The van der Waals surface area contributed by atoms with Gasteiger partial charge in [0.15, 0.2) is 0 Å². The van der Waals surface area contributed by atoms with Crippen molar-refractivity contribution in [1.29, 1.82) is 0 Å². The predicted molar refractivity (Wildman–Crippen MR) is 243 cm³/mol. The van der Waals surface area contributed by atoms with Crippen molar-refractivity contribution in [3.8, 4) is 0 Å². The minimum absolute atomic E-state index is 0.0212. The smallest absolute Gasteiger partial charge is 0.371 e. The Morgan fingerprint density at radius 2 is 0.778 bits per heavy atom. The molecule has 2 aromatic heterocycles. The first kappa shape index (κ1) is 46.5. The predicted octanol–water partition coefficient (Wildman–Crippen LogP) is 12.9. The summed E-state index contributed by atoms with van der Waals surface area (Å²) in [7, 11) is 1.16. The molecule has 2 aromatic carbocycles. The molecule has 0 fully saturated rings. The highest BCUT2D eigenvalue weighted by atomic mass is 33.7. The number of hydrogen-bond donors (Lipinski definition) is 0. The number of benzene rings is 2. The molecule has 0 saturated heterocycles. The zero-order chi connectivity index (χ0) is 39.5. The summed E-state index contributed by atoms with van der Waals surface area (Å²) >= 11 is 3.53. The lowest BCUT2D eigenvalue weighted by Crippen LogP contribution is -2.51. The van der Waals surface area contributed by atoms with Gasteiger partial charge in [-0.05, 0) is 127 Å². The molecule has 0 radical (unpaired) electrons. The van der Waals surface area contributed by atoms with Gasteiger partial charge in [-0.3, -0.25) is 0 Å². The summed E-state index contributed by atoms with van der Waals surface area (Å²) < 4.78 is 42.3. The van der Waals surface area contributed by atoms with E-state index in [9.17, 15) is 0 Å². The van der Waals surface area contributed by atoms with E-state index >= 15 is 0 Å². The first-order valence-corrected chi connectivity index (χ1v) is 29.6. The number of rotatable bonds is 25. The largest absolute Gasteiger partial charge is 0.502 e. The van der Waals surface area contributed by atoms with Crippen LogP contribution in [0.5, 0.6) is 0 Å². The van der Waals surface area contributed by atoms with Gasteiger partial charge >= 0.3 is 17.6 Å². The molecule has 0 spiro atoms. The standard InChI is InChI=1S/C38H60N2O6S6Si2/c1-25(2)41-53(42-26(3)4,43-27(5)6)23-31(37-39-33-17-13-15-19-35(33)49-37)21-47-51-52-48-22-32(38-40-34-18-14-16-20-36(34)50-38)24-54(44-28(7)8,45-29(9)10)46-30(11)12/h13-20,25-32H,21-24H2,1-12H3. The topological polar surface area (TPSA) is 81.2 Å². The van der Waals surface area contributed by atoms with E-state index in [0.29, 0.717) is 12.1 Å². The molecule has 2 heterocycles. The number of fused-ring (bicyclic) bond motifs is 2. The average molecular weight is 889 g/mol. The molecule has 54 heavy (non-hydrogen) atoms. The molecule has 302 valence electrons. The fourth-order valence-corrected chi connectivity index (χ4v) is 22.7. The normalized spacial score (nSPS) is 14.3. The second kappa shape index (κ2) is 22.3. The van der Waals surface area contributed by atoms with Gasteiger partial charge in [-0.1, -0.05) is 45.9 Å². The zero-order valence-corrected chi connectivity index (χ0v) is 40.8. The van der Waals surface area contributed by atoms with E-state index < -0.39 is 17.6 Å². The van der Waals surface area contributed by atoms with Crippen LogP contribution in [0.15, 0.2) is 48.5 Å². The molecule has 2 unspecified atom stereocenters. The number of hydrogen-bond acceptors (Lipinski definition) is 14. The SMILES string of the molecule is CC(C)O[Si](CC(CSSSSCC(C[Si](OC(C)C)(OC(C)C)OC(C)C)c1nc2ccccc2s1)c1nc2ccccc2s1)(OC(C)C)OC(C)C. The van der Waals surface area contributed by atoms with Gasteiger partial charge in [-0.15, -0.1) is 22.7 Å². The maximum atomic E-state index is 6.65. The van der Waals surface area contributed by atoms with E-state index in [1.165, 1.54) is 9.40 Å². The summed E-state index contributed by atoms with van der Waals surface area (Å²) in [5.74, 6) is 1.90. The van der Waals surface area contributed by atoms with E-state index in [4.69, 9.17) is 36.5 Å². The fraction of sp³-hybridized carbons (Fsp3) is 0.632. The Kier molecular flexibility index (Phi) is 19.2. The molecular formula is C38H60N2O6S6Si2. The van der Waals surface area contributed by atoms with Crippen molar-refractivity contribution in [1.82, 2.24) is 9.97 Å². The van der Waals surface area contributed by atoms with Crippen molar-refractivity contribution >= 4 is 102 Å². The number of thiazole rings is 2. The van der Waals surface area contributed by atoms with Crippen molar-refractivity contribution in [2.24, 2.45) is 0 Å². The summed E-state index contributed by atoms with van der Waals surface area (Å²) in [6.07, 6.45) is -0.127. The van der Waals surface area contributed by atoms with E-state index in [1.807, 2.05) is 41.2 Å². The van der Waals surface area contributed by atoms with Crippen LogP contribution >= 0.6 is 63.9 Å². The lowest BCUT2D eigenvalue weighted by molar-refractivity contribution is 0.00109. The first-order chi connectivity index (χ1) is 25.6. The van der Waals surface area contributed by atoms with Gasteiger partial charge < -0.3 is 26.6 Å². The molecule has 0 N–H and O–H groups in total. The van der Waals surface area contributed by atoms with Gasteiger partial charge in [0, 0.05) is 72.1 Å². The first-order valence-electron chi connectivity index (χ1n) is 18.9. The van der Waals surface area contributed by atoms with Crippen LogP contribution in [0.25, 0.3) is 20.4 Å². The maximum absolute atomic E-state index is 6.65. The molecule has 0 aliphatic heterocycles. The Labute approximate surface area is 349 Å². The quantitative estimate of drug-likeness (QED) is 0.0361. The minimum Gasteiger partial charge on any atom is -0.371 e. The van der Waals surface area contributed by atoms with E-state index in [2.05, 4.69) is 132 Å². The number of para-hydroxylation sites is 2. The third-order valence-electron chi connectivity index (χ3n) is 7.47. The highest BCUT2D eigenvalue weighted by Gasteiger charge is 2.48. The van der Waals surface area contributed by atoms with E-state index in [1.54, 1.807) is 22.7 Å². The summed E-state index contributed by atoms with van der Waals surface area (Å²) in [6, 6.07) is 18.1. The molecule has 4 aromatic rings. The minimum atomic E-state index is -3.09. The lowest BCUT2D eigenvalue weighted by Gasteiger charge is -2.36. The van der Waals surface area contributed by atoms with E-state index in [0.717, 1.165) is 32.6 Å². The van der Waals surface area contributed by atoms with Crippen LogP contribution in [0.3, 0.4) is 0 Å².